The van der Waals surface area contributed by atoms with Crippen molar-refractivity contribution in [2.24, 2.45) is 5.73 Å². The third-order valence-corrected chi connectivity index (χ3v) is 3.47. The molecule has 5 heteroatoms. The third kappa shape index (κ3) is 3.27. The van der Waals surface area contributed by atoms with Crippen molar-refractivity contribution in [3.63, 3.8) is 0 Å². The highest BCUT2D eigenvalue weighted by Gasteiger charge is 2.13. The van der Waals surface area contributed by atoms with E-state index in [9.17, 15) is 0 Å². The molecule has 0 aliphatic rings. The molecule has 0 spiro atoms. The molecule has 0 unspecified atom stereocenters. The minimum Gasteiger partial charge on any atom is -0.384 e. The monoisotopic (exact) mass is 288 g/mol. The van der Waals surface area contributed by atoms with E-state index >= 15 is 0 Å². The minimum atomic E-state index is -0.0126. The number of hydrogen-bond donors (Lipinski definition) is 2. The van der Waals surface area contributed by atoms with Crippen LogP contribution in [-0.4, -0.2) is 24.4 Å². The van der Waals surface area contributed by atoms with E-state index in [1.807, 2.05) is 31.3 Å². The molecule has 1 heterocycles. The number of anilines is 1. The van der Waals surface area contributed by atoms with Gasteiger partial charge in [-0.3, -0.25) is 10.4 Å². The molecule has 1 aromatic heterocycles. The summed E-state index contributed by atoms with van der Waals surface area (Å²) in [5, 5.41) is 8.17. The van der Waals surface area contributed by atoms with Crippen LogP contribution < -0.4 is 10.6 Å². The summed E-state index contributed by atoms with van der Waals surface area (Å²) >= 11 is 6.13. The lowest BCUT2D eigenvalue weighted by Crippen LogP contribution is -2.24. The Morgan fingerprint density at radius 2 is 2.00 bits per heavy atom. The van der Waals surface area contributed by atoms with Crippen molar-refractivity contribution in [1.82, 2.24) is 4.98 Å². The molecule has 2 aromatic rings. The van der Waals surface area contributed by atoms with E-state index in [2.05, 4.69) is 9.88 Å². The number of aromatic nitrogens is 1. The summed E-state index contributed by atoms with van der Waals surface area (Å²) in [6.07, 6.45) is 4.47. The number of rotatable bonds is 5. The molecule has 2 rings (SSSR count). The van der Waals surface area contributed by atoms with Gasteiger partial charge in [0.2, 0.25) is 0 Å². The highest BCUT2D eigenvalue weighted by Crippen LogP contribution is 2.26. The predicted molar refractivity (Wildman–Crippen MR) is 83.7 cm³/mol. The summed E-state index contributed by atoms with van der Waals surface area (Å²) in [6, 6.07) is 9.54. The van der Waals surface area contributed by atoms with Gasteiger partial charge in [-0.25, -0.2) is 0 Å². The van der Waals surface area contributed by atoms with E-state index in [-0.39, 0.29) is 5.84 Å². The number of halogens is 1. The van der Waals surface area contributed by atoms with Crippen molar-refractivity contribution in [2.45, 2.75) is 6.42 Å². The average molecular weight is 289 g/mol. The fraction of sp³-hybridized carbons (Fsp3) is 0.200. The third-order valence-electron chi connectivity index (χ3n) is 3.16. The first kappa shape index (κ1) is 14.3. The van der Waals surface area contributed by atoms with Crippen molar-refractivity contribution in [3.05, 3.63) is 58.9 Å². The fourth-order valence-electron chi connectivity index (χ4n) is 2.06. The molecule has 1 aromatic carbocycles. The molecule has 0 saturated carbocycles. The largest absolute Gasteiger partial charge is 0.384 e. The maximum absolute atomic E-state index is 7.67. The molecule has 20 heavy (non-hydrogen) atoms. The highest BCUT2D eigenvalue weighted by molar-refractivity contribution is 6.34. The van der Waals surface area contributed by atoms with Gasteiger partial charge in [-0.05, 0) is 36.2 Å². The lowest BCUT2D eigenvalue weighted by Gasteiger charge is -2.22. The van der Waals surface area contributed by atoms with Gasteiger partial charge in [-0.2, -0.15) is 0 Å². The number of likely N-dealkylation sites (N-methyl/N-ethyl adjacent to an activating group) is 1. The second-order valence-corrected chi connectivity index (χ2v) is 4.98. The number of nitrogens with one attached hydrogen (secondary N) is 1. The van der Waals surface area contributed by atoms with Gasteiger partial charge in [-0.1, -0.05) is 17.7 Å². The van der Waals surface area contributed by atoms with Gasteiger partial charge >= 0.3 is 0 Å². The predicted octanol–water partition coefficient (Wildman–Crippen LogP) is 2.70. The van der Waals surface area contributed by atoms with Gasteiger partial charge in [0.15, 0.2) is 0 Å². The Balaban J connectivity index is 2.15. The number of hydrogen-bond acceptors (Lipinski definition) is 3. The van der Waals surface area contributed by atoms with Crippen molar-refractivity contribution < 1.29 is 0 Å². The van der Waals surface area contributed by atoms with Gasteiger partial charge in [-0.15, -0.1) is 0 Å². The molecule has 3 N–H and O–H groups in total. The molecular weight excluding hydrogens is 272 g/mol. The molecule has 0 aliphatic carbocycles. The van der Waals surface area contributed by atoms with Crippen molar-refractivity contribution in [3.8, 4) is 0 Å². The van der Waals surface area contributed by atoms with Crippen LogP contribution in [0.2, 0.25) is 5.02 Å². The molecule has 0 saturated heterocycles. The molecule has 0 aliphatic heterocycles. The Morgan fingerprint density at radius 3 is 2.65 bits per heavy atom. The molecule has 0 atom stereocenters. The Bertz CT molecular complexity index is 598. The Morgan fingerprint density at radius 1 is 1.30 bits per heavy atom. The van der Waals surface area contributed by atoms with Gasteiger partial charge in [0, 0.05) is 31.7 Å². The SMILES string of the molecule is CN(CCc1ccncc1)c1cccc(Cl)c1C(=N)N. The number of pyridine rings is 1. The number of amidine groups is 1. The minimum absolute atomic E-state index is 0.0126. The molecule has 4 nitrogen and oxygen atoms in total. The fourth-order valence-corrected chi connectivity index (χ4v) is 2.34. The Kier molecular flexibility index (Phi) is 4.58. The van der Waals surface area contributed by atoms with Crippen LogP contribution in [0.15, 0.2) is 42.7 Å². The van der Waals surface area contributed by atoms with E-state index < -0.39 is 0 Å². The number of nitrogens with zero attached hydrogens (tertiary/aromatic N) is 2. The van der Waals surface area contributed by atoms with Crippen molar-refractivity contribution in [1.29, 1.82) is 5.41 Å². The maximum atomic E-state index is 7.67. The average Bonchev–Trinajstić information content (AvgIpc) is 2.45. The molecule has 104 valence electrons. The lowest BCUT2D eigenvalue weighted by atomic mass is 10.1. The van der Waals surface area contributed by atoms with Gasteiger partial charge in [0.25, 0.3) is 0 Å². The van der Waals surface area contributed by atoms with Crippen LogP contribution in [0.4, 0.5) is 5.69 Å². The van der Waals surface area contributed by atoms with Crippen LogP contribution in [0, 0.1) is 5.41 Å². The summed E-state index contributed by atoms with van der Waals surface area (Å²) in [5.41, 5.74) is 8.31. The first-order valence-corrected chi connectivity index (χ1v) is 6.70. The summed E-state index contributed by atoms with van der Waals surface area (Å²) in [7, 11) is 1.97. The zero-order valence-electron chi connectivity index (χ0n) is 11.3. The van der Waals surface area contributed by atoms with Crippen LogP contribution in [0.1, 0.15) is 11.1 Å². The second kappa shape index (κ2) is 6.39. The van der Waals surface area contributed by atoms with E-state index in [4.69, 9.17) is 22.7 Å². The van der Waals surface area contributed by atoms with Crippen molar-refractivity contribution in [2.75, 3.05) is 18.5 Å². The first-order valence-electron chi connectivity index (χ1n) is 6.32. The number of nitrogen functional groups attached to an aromatic ring is 1. The zero-order valence-corrected chi connectivity index (χ0v) is 12.1. The van der Waals surface area contributed by atoms with Crippen LogP contribution in [0.25, 0.3) is 0 Å². The smallest absolute Gasteiger partial charge is 0.126 e. The van der Waals surface area contributed by atoms with Gasteiger partial charge < -0.3 is 10.6 Å². The van der Waals surface area contributed by atoms with Crippen LogP contribution in [-0.2, 0) is 6.42 Å². The van der Waals surface area contributed by atoms with E-state index in [1.54, 1.807) is 18.5 Å². The first-order chi connectivity index (χ1) is 9.59. The van der Waals surface area contributed by atoms with E-state index in [0.29, 0.717) is 10.6 Å². The quantitative estimate of drug-likeness (QED) is 0.657. The van der Waals surface area contributed by atoms with Crippen LogP contribution >= 0.6 is 11.6 Å². The summed E-state index contributed by atoms with van der Waals surface area (Å²) in [6.45, 7) is 0.810. The van der Waals surface area contributed by atoms with E-state index in [0.717, 1.165) is 18.7 Å². The molecular formula is C15H17ClN4. The molecule has 0 fully saturated rings. The summed E-state index contributed by atoms with van der Waals surface area (Å²) < 4.78 is 0. The van der Waals surface area contributed by atoms with Crippen molar-refractivity contribution >= 4 is 23.1 Å². The lowest BCUT2D eigenvalue weighted by molar-refractivity contribution is 0.874. The van der Waals surface area contributed by atoms with E-state index in [1.165, 1.54) is 5.56 Å². The second-order valence-electron chi connectivity index (χ2n) is 4.57. The standard InChI is InChI=1S/C15H17ClN4/c1-20(10-7-11-5-8-19-9-6-11)13-4-2-3-12(16)14(13)15(17)18/h2-6,8-9H,7,10H2,1H3,(H3,17,18). The van der Waals surface area contributed by atoms with Crippen LogP contribution in [0.3, 0.4) is 0 Å². The molecule has 0 amide bonds. The zero-order chi connectivity index (χ0) is 14.5. The maximum Gasteiger partial charge on any atom is 0.126 e. The Hall–Kier alpha value is -2.07. The van der Waals surface area contributed by atoms with Crippen LogP contribution in [0.5, 0.6) is 0 Å². The normalized spacial score (nSPS) is 10.3. The highest BCUT2D eigenvalue weighted by atomic mass is 35.5. The molecule has 0 bridgehead atoms. The van der Waals surface area contributed by atoms with Gasteiger partial charge in [0.1, 0.15) is 5.84 Å². The number of nitrogens with two attached hydrogens (primary N) is 1. The Labute approximate surface area is 123 Å². The summed E-state index contributed by atoms with van der Waals surface area (Å²) in [5.74, 6) is -0.0126. The van der Waals surface area contributed by atoms with Gasteiger partial charge in [0.05, 0.1) is 10.6 Å². The molecule has 0 radical (unpaired) electrons. The summed E-state index contributed by atoms with van der Waals surface area (Å²) in [4.78, 5) is 6.06. The number of benzene rings is 1. The topological polar surface area (TPSA) is 66.0 Å².